The third-order valence-electron chi connectivity index (χ3n) is 22.1. The van der Waals surface area contributed by atoms with Gasteiger partial charge in [-0.15, -0.1) is 22.8 Å². The molecule has 0 aliphatic rings. The van der Waals surface area contributed by atoms with E-state index in [1.54, 1.807) is 0 Å². The zero-order valence-electron chi connectivity index (χ0n) is 75.7. The van der Waals surface area contributed by atoms with Crippen molar-refractivity contribution in [1.82, 2.24) is 0 Å². The molecule has 119 heavy (non-hydrogen) atoms. The summed E-state index contributed by atoms with van der Waals surface area (Å²) in [5, 5.41) is 0. The minimum atomic E-state index is -3.79. The molecule has 0 saturated carbocycles. The molecule has 0 unspecified atom stereocenters. The Balaban J connectivity index is -0.00000150. The predicted molar refractivity (Wildman–Crippen MR) is 519 cm³/mol. The third-order valence-corrected chi connectivity index (χ3v) is 33.0. The molecule has 0 aromatic heterocycles. The minimum absolute atomic E-state index is 0. The van der Waals surface area contributed by atoms with Crippen LogP contribution in [0.3, 0.4) is 0 Å². The quantitative estimate of drug-likeness (QED) is 0.0134. The SMILES string of the molecule is CCCCCCCCCc1cccc([S+]=P([O-])([O-])[S-])c1CCCCCCCCC.CCCCCCCCCc1cccc([S+]=P([O-])([O-])[S-])c1CCCCCCCCC.CCCCCCCCCc1cccc([S+]=P([O-])([O-])[S-])c1CCCCCCCCC.CCCCCCCCCc1cccc([S+]=P([O-])([O-])[S-])c1CCCCCCCCC.[Mo+4].[Mo+4].[Mo+4]. The largest absolute Gasteiger partial charge is 4.00 e. The van der Waals surface area contributed by atoms with E-state index in [1.165, 1.54) is 378 Å². The Morgan fingerprint density at radius 3 is 0.429 bits per heavy atom. The first-order valence-corrected chi connectivity index (χ1v) is 63.4. The molecule has 678 valence electrons. The first-order chi connectivity index (χ1) is 55.9. The summed E-state index contributed by atoms with van der Waals surface area (Å²) in [5.41, 5.74) is -4.89. The Morgan fingerprint density at radius 1 is 0.185 bits per heavy atom. The van der Waals surface area contributed by atoms with E-state index >= 15 is 0 Å². The smallest absolute Gasteiger partial charge is 0.815 e. The van der Waals surface area contributed by atoms with E-state index in [0.29, 0.717) is 0 Å². The molecule has 0 saturated heterocycles. The molecule has 4 aromatic carbocycles. The van der Waals surface area contributed by atoms with Gasteiger partial charge >= 0.3 is 63.2 Å². The van der Waals surface area contributed by atoms with Crippen molar-refractivity contribution in [2.24, 2.45) is 0 Å². The summed E-state index contributed by atoms with van der Waals surface area (Å²) in [6.45, 7) is 18.0. The Hall–Kier alpha value is 2.62. The Kier molecular flexibility index (Phi) is 89.7. The van der Waals surface area contributed by atoms with E-state index in [-0.39, 0.29) is 63.2 Å². The molecule has 0 fully saturated rings. The van der Waals surface area contributed by atoms with Gasteiger partial charge in [0.1, 0.15) is 43.8 Å². The molecule has 0 spiro atoms. The van der Waals surface area contributed by atoms with Crippen molar-refractivity contribution >= 4 is 116 Å². The van der Waals surface area contributed by atoms with Crippen molar-refractivity contribution in [2.45, 2.75) is 486 Å². The van der Waals surface area contributed by atoms with Crippen molar-refractivity contribution < 1.29 is 102 Å². The summed E-state index contributed by atoms with van der Waals surface area (Å²) >= 11 is 18.7. The number of rotatable bonds is 68. The van der Waals surface area contributed by atoms with E-state index in [4.69, 9.17) is 0 Å². The molecule has 0 bridgehead atoms. The van der Waals surface area contributed by atoms with E-state index in [2.05, 4.69) is 129 Å². The van der Waals surface area contributed by atoms with Crippen LogP contribution >= 0.6 is 22.8 Å². The second-order valence-corrected chi connectivity index (χ2v) is 55.3. The zero-order chi connectivity index (χ0) is 85.5. The van der Waals surface area contributed by atoms with Crippen LogP contribution in [0.5, 0.6) is 0 Å². The summed E-state index contributed by atoms with van der Waals surface area (Å²) in [6, 6.07) is 24.5. The van der Waals surface area contributed by atoms with Crippen LogP contribution in [0.2, 0.25) is 0 Å². The van der Waals surface area contributed by atoms with Gasteiger partial charge in [-0.05, 0) is 125 Å². The molecule has 8 nitrogen and oxygen atoms in total. The first kappa shape index (κ1) is 126. The number of benzene rings is 4. The maximum Gasteiger partial charge on any atom is 4.00 e. The van der Waals surface area contributed by atoms with Gasteiger partial charge in [-0.3, -0.25) is 0 Å². The number of unbranched alkanes of at least 4 members (excludes halogenated alkanes) is 48. The Labute approximate surface area is 812 Å². The van der Waals surface area contributed by atoms with Crippen LogP contribution in [-0.4, -0.2) is 0 Å². The van der Waals surface area contributed by atoms with E-state index in [0.717, 1.165) is 140 Å². The standard InChI is InChI=1S/4C24H41O2PS2.3Mo/c4*1-3-5-7-9-11-13-15-18-22-19-17-21-24(29-27(25,26)28)23(22)20-16-14-12-10-8-6-4-2;;;/h4*17,19,21H,3-16,18,20H2,1-2H3;;;/q4*-2;3*+4. The summed E-state index contributed by atoms with van der Waals surface area (Å²) in [7, 11) is 3.54. The van der Waals surface area contributed by atoms with Crippen LogP contribution in [0.1, 0.15) is 459 Å². The predicted octanol–water partition coefficient (Wildman–Crippen LogP) is 26.6. The first-order valence-electron chi connectivity index (χ1n) is 47.2. The number of hydrogen-bond donors (Lipinski definition) is 0. The average molecular weight is 2110 g/mol. The van der Waals surface area contributed by atoms with Gasteiger partial charge in [-0.2, -0.15) is 0 Å². The monoisotopic (exact) mass is 2120 g/mol. The van der Waals surface area contributed by atoms with Gasteiger partial charge in [0.2, 0.25) is 19.6 Å². The summed E-state index contributed by atoms with van der Waals surface area (Å²) in [5.74, 6) is 0. The molecule has 0 amide bonds. The molecule has 4 rings (SSSR count). The van der Waals surface area contributed by atoms with Crippen LogP contribution in [0.4, 0.5) is 0 Å². The van der Waals surface area contributed by atoms with Crippen LogP contribution in [-0.2, 0) is 207 Å². The second-order valence-electron chi connectivity index (χ2n) is 32.7. The van der Waals surface area contributed by atoms with Gasteiger partial charge in [0.25, 0.3) is 0 Å². The van der Waals surface area contributed by atoms with Crippen LogP contribution in [0, 0.1) is 0 Å². The van der Waals surface area contributed by atoms with Gasteiger partial charge in [-0.1, -0.05) is 412 Å². The van der Waals surface area contributed by atoms with Crippen molar-refractivity contribution in [3.05, 3.63) is 117 Å². The Bertz CT molecular complexity index is 2800. The topological polar surface area (TPSA) is 184 Å². The van der Waals surface area contributed by atoms with Crippen LogP contribution in [0.15, 0.2) is 92.4 Å². The molecule has 4 aromatic rings. The summed E-state index contributed by atoms with van der Waals surface area (Å²) in [6.07, 6.45) is 80.0. The fraction of sp³-hybridized carbons (Fsp3) is 0.750. The van der Waals surface area contributed by atoms with Gasteiger partial charge in [-0.25, -0.2) is 0 Å². The summed E-state index contributed by atoms with van der Waals surface area (Å²) < 4.78 is 0. The fourth-order valence-electron chi connectivity index (χ4n) is 15.5. The van der Waals surface area contributed by atoms with Crippen molar-refractivity contribution in [1.29, 1.82) is 0 Å². The van der Waals surface area contributed by atoms with E-state index < -0.39 is 22.8 Å². The van der Waals surface area contributed by atoms with Crippen molar-refractivity contribution in [3.8, 4) is 0 Å². The molecule has 0 atom stereocenters. The van der Waals surface area contributed by atoms with Gasteiger partial charge in [0.05, 0.1) is 0 Å². The molecule has 0 aliphatic carbocycles. The fourth-order valence-corrected chi connectivity index (χ4v) is 26.2. The maximum atomic E-state index is 11.7. The molecule has 0 N–H and O–H groups in total. The molecular formula is C96H164Mo3O8P4S8+4. The second kappa shape index (κ2) is 84.9. The zero-order valence-corrected chi connectivity index (χ0v) is 91.9. The minimum Gasteiger partial charge on any atom is -0.815 e. The average Bonchev–Trinajstić information content (AvgIpc) is 0.854. The van der Waals surface area contributed by atoms with Gasteiger partial charge in [0, 0.05) is 46.5 Å². The molecule has 0 aliphatic heterocycles. The maximum absolute atomic E-state index is 11.7. The van der Waals surface area contributed by atoms with Crippen molar-refractivity contribution in [3.63, 3.8) is 0 Å². The number of hydrogen-bond acceptors (Lipinski definition) is 12. The summed E-state index contributed by atoms with van der Waals surface area (Å²) in [4.78, 5) is 97.3. The van der Waals surface area contributed by atoms with Crippen molar-refractivity contribution in [2.75, 3.05) is 0 Å². The molecule has 23 heteroatoms. The Morgan fingerprint density at radius 2 is 0.303 bits per heavy atom. The molecule has 0 radical (unpaired) electrons. The third kappa shape index (κ3) is 74.8. The number of aryl methyl sites for hydroxylation is 4. The van der Waals surface area contributed by atoms with Crippen LogP contribution < -0.4 is 39.1 Å². The molecular weight excluding hydrogens is 1950 g/mol. The van der Waals surface area contributed by atoms with Gasteiger partial charge < -0.3 is 88.1 Å². The van der Waals surface area contributed by atoms with Crippen LogP contribution in [0.25, 0.3) is 0 Å². The van der Waals surface area contributed by atoms with Gasteiger partial charge in [0.15, 0.2) is 0 Å². The normalized spacial score (nSPS) is 11.5. The molecule has 0 heterocycles. The van der Waals surface area contributed by atoms with E-state index in [1.807, 2.05) is 48.5 Å². The van der Waals surface area contributed by atoms with E-state index in [9.17, 15) is 39.1 Å².